The summed E-state index contributed by atoms with van der Waals surface area (Å²) < 4.78 is 0. The smallest absolute Gasteiger partial charge is 0.326 e. The van der Waals surface area contributed by atoms with Gasteiger partial charge in [0.2, 0.25) is 5.91 Å². The van der Waals surface area contributed by atoms with Crippen molar-refractivity contribution in [3.8, 4) is 0 Å². The van der Waals surface area contributed by atoms with Gasteiger partial charge in [0.25, 0.3) is 0 Å². The van der Waals surface area contributed by atoms with Gasteiger partial charge in [0.1, 0.15) is 6.04 Å². The van der Waals surface area contributed by atoms with Crippen LogP contribution in [0.1, 0.15) is 19.3 Å². The maximum Gasteiger partial charge on any atom is 0.326 e. The molecule has 2 aliphatic heterocycles. The maximum absolute atomic E-state index is 12.4. The average molecular weight is 285 g/mol. The van der Waals surface area contributed by atoms with Crippen molar-refractivity contribution in [1.29, 1.82) is 0 Å². The largest absolute Gasteiger partial charge is 0.480 e. The van der Waals surface area contributed by atoms with Crippen molar-refractivity contribution in [3.05, 3.63) is 0 Å². The van der Waals surface area contributed by atoms with E-state index in [9.17, 15) is 19.5 Å². The Bertz CT molecular complexity index is 427. The van der Waals surface area contributed by atoms with Crippen molar-refractivity contribution in [1.82, 2.24) is 9.80 Å². The minimum atomic E-state index is -1.13. The maximum atomic E-state index is 12.4. The summed E-state index contributed by atoms with van der Waals surface area (Å²) in [6.45, 7) is 0.697. The van der Waals surface area contributed by atoms with E-state index in [1.54, 1.807) is 0 Å². The van der Waals surface area contributed by atoms with E-state index in [2.05, 4.69) is 0 Å². The number of hydrogen-bond acceptors (Lipinski definition) is 4. The zero-order chi connectivity index (χ0) is 14.9. The Morgan fingerprint density at radius 1 is 1.20 bits per heavy atom. The molecule has 0 saturated carbocycles. The van der Waals surface area contributed by atoms with E-state index >= 15 is 0 Å². The fraction of sp³-hybridized carbons (Fsp3) is 0.750. The Balaban J connectivity index is 2.06. The second kappa shape index (κ2) is 5.66. The Morgan fingerprint density at radius 2 is 1.90 bits per heavy atom. The number of carboxylic acids is 1. The van der Waals surface area contributed by atoms with Crippen LogP contribution in [0.15, 0.2) is 0 Å². The fourth-order valence-corrected chi connectivity index (χ4v) is 2.82. The molecule has 8 nitrogen and oxygen atoms in total. The summed E-state index contributed by atoms with van der Waals surface area (Å²) in [6.07, 6.45) is 0.517. The Morgan fingerprint density at radius 3 is 2.50 bits per heavy atom. The Labute approximate surface area is 116 Å². The third-order valence-electron chi connectivity index (χ3n) is 3.90. The quantitative estimate of drug-likeness (QED) is 0.589. The summed E-state index contributed by atoms with van der Waals surface area (Å²) >= 11 is 0. The molecule has 0 spiro atoms. The van der Waals surface area contributed by atoms with E-state index in [0.717, 1.165) is 4.90 Å². The van der Waals surface area contributed by atoms with Gasteiger partial charge >= 0.3 is 12.0 Å². The second-order valence-electron chi connectivity index (χ2n) is 5.37. The van der Waals surface area contributed by atoms with Gasteiger partial charge in [-0.3, -0.25) is 4.79 Å². The highest BCUT2D eigenvalue weighted by Crippen LogP contribution is 2.23. The second-order valence-corrected chi connectivity index (χ2v) is 5.37. The van der Waals surface area contributed by atoms with Crippen LogP contribution in [-0.4, -0.2) is 69.7 Å². The van der Waals surface area contributed by atoms with E-state index in [1.807, 2.05) is 0 Å². The number of carboxylic acid groups (broad SMARTS) is 1. The van der Waals surface area contributed by atoms with Crippen molar-refractivity contribution in [2.45, 2.75) is 31.4 Å². The first-order valence-electron chi connectivity index (χ1n) is 6.66. The molecule has 0 aromatic rings. The number of amides is 3. The molecular formula is C12H19N3O5. The summed E-state index contributed by atoms with van der Waals surface area (Å²) in [5.74, 6) is -1.96. The highest BCUT2D eigenvalue weighted by molar-refractivity contribution is 5.84. The molecule has 2 saturated heterocycles. The zero-order valence-electron chi connectivity index (χ0n) is 11.1. The fourth-order valence-electron chi connectivity index (χ4n) is 2.82. The van der Waals surface area contributed by atoms with Gasteiger partial charge in [-0.05, 0) is 12.8 Å². The summed E-state index contributed by atoms with van der Waals surface area (Å²) in [5.41, 5.74) is 5.26. The molecule has 8 heteroatoms. The number of rotatable bonds is 2. The standard InChI is InChI=1S/C12H19N3O5/c13-10(17)7-2-1-3-14(5-7)12(20)15-6-8(16)4-9(15)11(18)19/h7-9,16H,1-6H2,(H2,13,17)(H,18,19)/t7?,8?,9-/m0/s1. The molecule has 2 aliphatic rings. The van der Waals surface area contributed by atoms with E-state index in [0.29, 0.717) is 19.4 Å². The first-order chi connectivity index (χ1) is 9.40. The molecule has 3 atom stereocenters. The molecule has 20 heavy (non-hydrogen) atoms. The lowest BCUT2D eigenvalue weighted by atomic mass is 9.98. The van der Waals surface area contributed by atoms with Gasteiger partial charge in [-0.25, -0.2) is 9.59 Å². The lowest BCUT2D eigenvalue weighted by molar-refractivity contribution is -0.141. The van der Waals surface area contributed by atoms with Crippen molar-refractivity contribution in [2.75, 3.05) is 19.6 Å². The molecular weight excluding hydrogens is 266 g/mol. The minimum Gasteiger partial charge on any atom is -0.480 e. The number of nitrogens with two attached hydrogens (primary N) is 1. The number of hydrogen-bond donors (Lipinski definition) is 3. The highest BCUT2D eigenvalue weighted by atomic mass is 16.4. The van der Waals surface area contributed by atoms with Crippen LogP contribution in [0.4, 0.5) is 4.79 Å². The number of nitrogens with zero attached hydrogens (tertiary/aromatic N) is 2. The molecule has 3 amide bonds. The van der Waals surface area contributed by atoms with Crippen molar-refractivity contribution in [3.63, 3.8) is 0 Å². The number of aliphatic hydroxyl groups is 1. The molecule has 2 heterocycles. The third kappa shape index (κ3) is 2.84. The van der Waals surface area contributed by atoms with Crippen LogP contribution in [0.3, 0.4) is 0 Å². The number of aliphatic carboxylic acids is 1. The molecule has 0 aliphatic carbocycles. The first kappa shape index (κ1) is 14.6. The van der Waals surface area contributed by atoms with E-state index < -0.39 is 30.1 Å². The van der Waals surface area contributed by atoms with Gasteiger partial charge in [-0.1, -0.05) is 0 Å². The number of aliphatic hydroxyl groups excluding tert-OH is 1. The van der Waals surface area contributed by atoms with Crippen LogP contribution < -0.4 is 5.73 Å². The predicted molar refractivity (Wildman–Crippen MR) is 67.6 cm³/mol. The summed E-state index contributed by atoms with van der Waals surface area (Å²) in [6, 6.07) is -1.45. The molecule has 0 aromatic heterocycles. The third-order valence-corrected chi connectivity index (χ3v) is 3.90. The summed E-state index contributed by atoms with van der Waals surface area (Å²) in [7, 11) is 0. The number of piperidine rings is 1. The van der Waals surface area contributed by atoms with Gasteiger partial charge in [-0.15, -0.1) is 0 Å². The van der Waals surface area contributed by atoms with Gasteiger partial charge < -0.3 is 25.7 Å². The lowest BCUT2D eigenvalue weighted by Gasteiger charge is -2.35. The molecule has 112 valence electrons. The lowest BCUT2D eigenvalue weighted by Crippen LogP contribution is -2.52. The zero-order valence-corrected chi connectivity index (χ0v) is 11.1. The summed E-state index contributed by atoms with van der Waals surface area (Å²) in [5, 5.41) is 18.6. The number of urea groups is 1. The molecule has 2 fully saturated rings. The van der Waals surface area contributed by atoms with Crippen LogP contribution in [0.2, 0.25) is 0 Å². The number of carbonyl (C=O) groups excluding carboxylic acids is 2. The first-order valence-corrected chi connectivity index (χ1v) is 6.66. The average Bonchev–Trinajstić information content (AvgIpc) is 2.80. The van der Waals surface area contributed by atoms with Gasteiger partial charge in [0.15, 0.2) is 0 Å². The van der Waals surface area contributed by atoms with Gasteiger partial charge in [-0.2, -0.15) is 0 Å². The van der Waals surface area contributed by atoms with Crippen LogP contribution in [0, 0.1) is 5.92 Å². The van der Waals surface area contributed by atoms with E-state index in [-0.39, 0.29) is 25.4 Å². The predicted octanol–water partition coefficient (Wildman–Crippen LogP) is -1.18. The molecule has 0 radical (unpaired) electrons. The van der Waals surface area contributed by atoms with Crippen LogP contribution in [0.5, 0.6) is 0 Å². The van der Waals surface area contributed by atoms with Crippen molar-refractivity contribution in [2.24, 2.45) is 11.7 Å². The van der Waals surface area contributed by atoms with E-state index in [1.165, 1.54) is 4.90 Å². The van der Waals surface area contributed by atoms with Gasteiger partial charge in [0, 0.05) is 26.1 Å². The van der Waals surface area contributed by atoms with Crippen molar-refractivity contribution >= 4 is 17.9 Å². The summed E-state index contributed by atoms with van der Waals surface area (Å²) in [4.78, 5) is 37.3. The molecule has 0 aromatic carbocycles. The molecule has 4 N–H and O–H groups in total. The van der Waals surface area contributed by atoms with E-state index in [4.69, 9.17) is 10.8 Å². The highest BCUT2D eigenvalue weighted by Gasteiger charge is 2.41. The number of likely N-dealkylation sites (tertiary alicyclic amines) is 2. The number of carbonyl (C=O) groups is 3. The molecule has 2 rings (SSSR count). The molecule has 0 bridgehead atoms. The normalized spacial score (nSPS) is 30.4. The molecule has 2 unspecified atom stereocenters. The monoisotopic (exact) mass is 285 g/mol. The Hall–Kier alpha value is -1.83. The topological polar surface area (TPSA) is 124 Å². The van der Waals surface area contributed by atoms with Crippen molar-refractivity contribution < 1.29 is 24.6 Å². The number of β-amino-alcohol motifs (C(OH)–C–C–N with tert-alkyl or cyclic N) is 1. The number of primary amides is 1. The van der Waals surface area contributed by atoms with Crippen LogP contribution in [-0.2, 0) is 9.59 Å². The minimum absolute atomic E-state index is 0.00748. The van der Waals surface area contributed by atoms with Crippen LogP contribution >= 0.6 is 0 Å². The van der Waals surface area contributed by atoms with Crippen LogP contribution in [0.25, 0.3) is 0 Å². The van der Waals surface area contributed by atoms with Gasteiger partial charge in [0.05, 0.1) is 12.0 Å². The Kier molecular flexibility index (Phi) is 4.12. The SMILES string of the molecule is NC(=O)C1CCCN(C(=O)N2CC(O)C[C@H]2C(=O)O)C1.